The number of carboxylic acids is 1. The van der Waals surface area contributed by atoms with Crippen LogP contribution in [0.4, 0.5) is 0 Å². The fourth-order valence-electron chi connectivity index (χ4n) is 2.31. The van der Waals surface area contributed by atoms with Crippen LogP contribution in [-0.4, -0.2) is 15.6 Å². The van der Waals surface area contributed by atoms with Crippen LogP contribution in [0, 0.1) is 13.8 Å². The maximum atomic E-state index is 11.0. The van der Waals surface area contributed by atoms with E-state index < -0.39 is 12.0 Å². The standard InChI is InChI=1S/C13H16N2O2/c1-7-4-8(2)11-9(12(14)13(16)17)6-15(3)10(11)5-7/h4-6,12H,14H2,1-3H3,(H,16,17). The minimum Gasteiger partial charge on any atom is -0.480 e. The summed E-state index contributed by atoms with van der Waals surface area (Å²) in [5.41, 5.74) is 9.63. The summed E-state index contributed by atoms with van der Waals surface area (Å²) in [6.07, 6.45) is 1.80. The topological polar surface area (TPSA) is 68.2 Å². The lowest BCUT2D eigenvalue weighted by atomic mass is 10.0. The highest BCUT2D eigenvalue weighted by Gasteiger charge is 2.20. The van der Waals surface area contributed by atoms with Crippen molar-refractivity contribution in [1.82, 2.24) is 4.57 Å². The smallest absolute Gasteiger partial charge is 0.325 e. The lowest BCUT2D eigenvalue weighted by Crippen LogP contribution is -2.20. The van der Waals surface area contributed by atoms with E-state index in [1.807, 2.05) is 37.6 Å². The zero-order chi connectivity index (χ0) is 12.7. The Balaban J connectivity index is 2.78. The highest BCUT2D eigenvalue weighted by molar-refractivity contribution is 5.92. The Labute approximate surface area is 99.7 Å². The molecule has 0 fully saturated rings. The molecule has 0 amide bonds. The third-order valence-electron chi connectivity index (χ3n) is 3.06. The fraction of sp³-hybridized carbons (Fsp3) is 0.308. The molecule has 17 heavy (non-hydrogen) atoms. The second-order valence-electron chi connectivity index (χ2n) is 4.49. The molecule has 2 aromatic rings. The Kier molecular flexibility index (Phi) is 2.67. The Bertz CT molecular complexity index is 599. The summed E-state index contributed by atoms with van der Waals surface area (Å²) < 4.78 is 1.92. The SMILES string of the molecule is Cc1cc(C)c2c(C(N)C(=O)O)cn(C)c2c1. The number of aliphatic carboxylic acids is 1. The van der Waals surface area contributed by atoms with Crippen LogP contribution in [0.25, 0.3) is 10.9 Å². The van der Waals surface area contributed by atoms with E-state index in [0.29, 0.717) is 5.56 Å². The molecule has 1 aromatic heterocycles. The maximum absolute atomic E-state index is 11.0. The summed E-state index contributed by atoms with van der Waals surface area (Å²) in [5.74, 6) is -1.00. The van der Waals surface area contributed by atoms with Crippen LogP contribution >= 0.6 is 0 Å². The van der Waals surface area contributed by atoms with Gasteiger partial charge in [0.2, 0.25) is 0 Å². The molecule has 0 spiro atoms. The van der Waals surface area contributed by atoms with Gasteiger partial charge in [0, 0.05) is 29.7 Å². The lowest BCUT2D eigenvalue weighted by Gasteiger charge is -2.07. The molecule has 0 aliphatic heterocycles. The largest absolute Gasteiger partial charge is 0.480 e. The van der Waals surface area contributed by atoms with Gasteiger partial charge in [-0.05, 0) is 31.0 Å². The summed E-state index contributed by atoms with van der Waals surface area (Å²) in [6, 6.07) is 3.11. The molecular weight excluding hydrogens is 216 g/mol. The second-order valence-corrected chi connectivity index (χ2v) is 4.49. The van der Waals surface area contributed by atoms with Crippen molar-refractivity contribution >= 4 is 16.9 Å². The van der Waals surface area contributed by atoms with E-state index in [1.165, 1.54) is 0 Å². The number of carboxylic acid groups (broad SMARTS) is 1. The van der Waals surface area contributed by atoms with Gasteiger partial charge in [-0.2, -0.15) is 0 Å². The van der Waals surface area contributed by atoms with Crippen LogP contribution in [0.15, 0.2) is 18.3 Å². The second kappa shape index (κ2) is 3.89. The van der Waals surface area contributed by atoms with Crippen LogP contribution < -0.4 is 5.73 Å². The molecular formula is C13H16N2O2. The van der Waals surface area contributed by atoms with Gasteiger partial charge in [-0.15, -0.1) is 0 Å². The van der Waals surface area contributed by atoms with Crippen molar-refractivity contribution in [3.8, 4) is 0 Å². The molecule has 90 valence electrons. The number of hydrogen-bond acceptors (Lipinski definition) is 2. The average Bonchev–Trinajstić information content (AvgIpc) is 2.55. The number of carbonyl (C=O) groups is 1. The molecule has 0 bridgehead atoms. The van der Waals surface area contributed by atoms with Crippen molar-refractivity contribution in [1.29, 1.82) is 0 Å². The van der Waals surface area contributed by atoms with Crippen molar-refractivity contribution in [2.75, 3.05) is 0 Å². The summed E-state index contributed by atoms with van der Waals surface area (Å²) in [7, 11) is 1.90. The first-order valence-corrected chi connectivity index (χ1v) is 5.46. The van der Waals surface area contributed by atoms with E-state index in [9.17, 15) is 4.79 Å². The monoisotopic (exact) mass is 232 g/mol. The molecule has 0 radical (unpaired) electrons. The third-order valence-corrected chi connectivity index (χ3v) is 3.06. The molecule has 3 N–H and O–H groups in total. The lowest BCUT2D eigenvalue weighted by molar-refractivity contribution is -0.138. The predicted molar refractivity (Wildman–Crippen MR) is 67.0 cm³/mol. The molecule has 1 unspecified atom stereocenters. The molecule has 0 saturated carbocycles. The van der Waals surface area contributed by atoms with Crippen LogP contribution in [0.5, 0.6) is 0 Å². The van der Waals surface area contributed by atoms with Gasteiger partial charge in [0.25, 0.3) is 0 Å². The van der Waals surface area contributed by atoms with E-state index >= 15 is 0 Å². The molecule has 1 atom stereocenters. The van der Waals surface area contributed by atoms with Gasteiger partial charge in [-0.25, -0.2) is 0 Å². The summed E-state index contributed by atoms with van der Waals surface area (Å²) in [5, 5.41) is 9.97. The number of rotatable bonds is 2. The number of fused-ring (bicyclic) bond motifs is 1. The molecule has 0 aliphatic rings. The average molecular weight is 232 g/mol. The van der Waals surface area contributed by atoms with Crippen molar-refractivity contribution in [2.45, 2.75) is 19.9 Å². The summed E-state index contributed by atoms with van der Waals surface area (Å²) in [4.78, 5) is 11.0. The predicted octanol–water partition coefficient (Wildman–Crippen LogP) is 1.88. The Morgan fingerprint density at radius 1 is 1.41 bits per heavy atom. The number of hydrogen-bond donors (Lipinski definition) is 2. The summed E-state index contributed by atoms with van der Waals surface area (Å²) in [6.45, 7) is 4.00. The summed E-state index contributed by atoms with van der Waals surface area (Å²) >= 11 is 0. The Hall–Kier alpha value is -1.81. The minimum absolute atomic E-state index is 0.674. The van der Waals surface area contributed by atoms with Gasteiger partial charge in [0.1, 0.15) is 6.04 Å². The maximum Gasteiger partial charge on any atom is 0.325 e. The number of nitrogens with two attached hydrogens (primary N) is 1. The van der Waals surface area contributed by atoms with Crippen LogP contribution in [0.2, 0.25) is 0 Å². The Morgan fingerprint density at radius 3 is 2.65 bits per heavy atom. The van der Waals surface area contributed by atoms with Crippen molar-refractivity contribution in [3.05, 3.63) is 35.0 Å². The van der Waals surface area contributed by atoms with Gasteiger partial charge in [-0.1, -0.05) is 6.07 Å². The van der Waals surface area contributed by atoms with Crippen LogP contribution in [0.1, 0.15) is 22.7 Å². The normalized spacial score (nSPS) is 12.9. The van der Waals surface area contributed by atoms with Crippen LogP contribution in [0.3, 0.4) is 0 Å². The van der Waals surface area contributed by atoms with Crippen molar-refractivity contribution in [2.24, 2.45) is 12.8 Å². The van der Waals surface area contributed by atoms with Crippen molar-refractivity contribution < 1.29 is 9.90 Å². The molecule has 0 aliphatic carbocycles. The Morgan fingerprint density at radius 2 is 2.06 bits per heavy atom. The number of nitrogens with zero attached hydrogens (tertiary/aromatic N) is 1. The number of benzene rings is 1. The van der Waals surface area contributed by atoms with Gasteiger partial charge in [0.15, 0.2) is 0 Å². The molecule has 4 nitrogen and oxygen atoms in total. The fourth-order valence-corrected chi connectivity index (χ4v) is 2.31. The first-order chi connectivity index (χ1) is 7.91. The minimum atomic E-state index is -1.00. The van der Waals surface area contributed by atoms with E-state index in [1.54, 1.807) is 6.20 Å². The number of aromatic nitrogens is 1. The quantitative estimate of drug-likeness (QED) is 0.830. The molecule has 1 heterocycles. The molecule has 2 rings (SSSR count). The van der Waals surface area contributed by atoms with E-state index in [2.05, 4.69) is 0 Å². The zero-order valence-corrected chi connectivity index (χ0v) is 10.2. The molecule has 4 heteroatoms. The van der Waals surface area contributed by atoms with Gasteiger partial charge >= 0.3 is 5.97 Å². The zero-order valence-electron chi connectivity index (χ0n) is 10.2. The van der Waals surface area contributed by atoms with E-state index in [4.69, 9.17) is 10.8 Å². The number of aryl methyl sites for hydroxylation is 3. The first kappa shape index (κ1) is 11.7. The van der Waals surface area contributed by atoms with Gasteiger partial charge < -0.3 is 15.4 Å². The third kappa shape index (κ3) is 1.80. The highest BCUT2D eigenvalue weighted by atomic mass is 16.4. The van der Waals surface area contributed by atoms with Gasteiger partial charge in [0.05, 0.1) is 0 Å². The van der Waals surface area contributed by atoms with Crippen molar-refractivity contribution in [3.63, 3.8) is 0 Å². The van der Waals surface area contributed by atoms with Gasteiger partial charge in [-0.3, -0.25) is 4.79 Å². The highest BCUT2D eigenvalue weighted by Crippen LogP contribution is 2.29. The molecule has 1 aromatic carbocycles. The van der Waals surface area contributed by atoms with E-state index in [0.717, 1.165) is 22.0 Å². The van der Waals surface area contributed by atoms with E-state index in [-0.39, 0.29) is 0 Å². The van der Waals surface area contributed by atoms with Crippen LogP contribution in [-0.2, 0) is 11.8 Å². The first-order valence-electron chi connectivity index (χ1n) is 5.46. The molecule has 0 saturated heterocycles.